The SMILES string of the molecule is CCCCS(=O)(=O)NCCN(C(C)=O)c1cc(C)on1. The summed E-state index contributed by atoms with van der Waals surface area (Å²) in [6.07, 6.45) is 1.44. The minimum atomic E-state index is -3.27. The van der Waals surface area contributed by atoms with E-state index in [1.54, 1.807) is 13.0 Å². The maximum atomic E-state index is 11.6. The molecule has 0 saturated carbocycles. The number of nitrogens with zero attached hydrogens (tertiary/aromatic N) is 2. The fraction of sp³-hybridized carbons (Fsp3) is 0.667. The Hall–Kier alpha value is -1.41. The van der Waals surface area contributed by atoms with Gasteiger partial charge in [-0.15, -0.1) is 0 Å². The molecule has 0 spiro atoms. The van der Waals surface area contributed by atoms with Crippen molar-refractivity contribution in [3.8, 4) is 0 Å². The van der Waals surface area contributed by atoms with E-state index in [1.165, 1.54) is 11.8 Å². The van der Waals surface area contributed by atoms with Crippen LogP contribution in [-0.4, -0.2) is 38.3 Å². The second-order valence-corrected chi connectivity index (χ2v) is 6.46. The Bertz CT molecular complexity index is 539. The summed E-state index contributed by atoms with van der Waals surface area (Å²) in [5.74, 6) is 0.871. The van der Waals surface area contributed by atoms with Crippen molar-refractivity contribution in [2.24, 2.45) is 0 Å². The Morgan fingerprint density at radius 1 is 1.50 bits per heavy atom. The number of rotatable bonds is 8. The molecule has 0 aliphatic carbocycles. The van der Waals surface area contributed by atoms with Crippen molar-refractivity contribution in [1.29, 1.82) is 0 Å². The highest BCUT2D eigenvalue weighted by molar-refractivity contribution is 7.89. The zero-order chi connectivity index (χ0) is 15.2. The molecule has 1 N–H and O–H groups in total. The molecule has 8 heteroatoms. The number of aryl methyl sites for hydroxylation is 1. The fourth-order valence-electron chi connectivity index (χ4n) is 1.63. The van der Waals surface area contributed by atoms with Crippen LogP contribution in [0.1, 0.15) is 32.4 Å². The first-order chi connectivity index (χ1) is 9.35. The van der Waals surface area contributed by atoms with Gasteiger partial charge in [0.15, 0.2) is 5.82 Å². The smallest absolute Gasteiger partial charge is 0.225 e. The number of amides is 1. The van der Waals surface area contributed by atoms with Crippen LogP contribution in [0.3, 0.4) is 0 Å². The standard InChI is InChI=1S/C12H21N3O4S/c1-4-5-8-20(17,18)13-6-7-15(11(3)16)12-9-10(2)19-14-12/h9,13H,4-8H2,1-3H3. The number of aromatic nitrogens is 1. The second-order valence-electron chi connectivity index (χ2n) is 4.53. The van der Waals surface area contributed by atoms with Crippen molar-refractivity contribution in [2.75, 3.05) is 23.7 Å². The summed E-state index contributed by atoms with van der Waals surface area (Å²) in [5.41, 5.74) is 0. The predicted octanol–water partition coefficient (Wildman–Crippen LogP) is 1.06. The number of hydrogen-bond acceptors (Lipinski definition) is 5. The van der Waals surface area contributed by atoms with Gasteiger partial charge < -0.3 is 4.52 Å². The van der Waals surface area contributed by atoms with Crippen LogP contribution >= 0.6 is 0 Å². The van der Waals surface area contributed by atoms with Crippen LogP contribution in [-0.2, 0) is 14.8 Å². The maximum Gasteiger partial charge on any atom is 0.225 e. The third-order valence-electron chi connectivity index (χ3n) is 2.70. The third-order valence-corrected chi connectivity index (χ3v) is 4.17. The number of carbonyl (C=O) groups excluding carboxylic acids is 1. The highest BCUT2D eigenvalue weighted by atomic mass is 32.2. The van der Waals surface area contributed by atoms with Crippen LogP contribution < -0.4 is 9.62 Å². The zero-order valence-electron chi connectivity index (χ0n) is 12.0. The van der Waals surface area contributed by atoms with Crippen LogP contribution in [0, 0.1) is 6.92 Å². The molecule has 1 aromatic heterocycles. The predicted molar refractivity (Wildman–Crippen MR) is 76.0 cm³/mol. The van der Waals surface area contributed by atoms with E-state index in [2.05, 4.69) is 9.88 Å². The number of unbranched alkanes of at least 4 members (excludes halogenated alkanes) is 1. The summed E-state index contributed by atoms with van der Waals surface area (Å²) >= 11 is 0. The molecule has 0 atom stereocenters. The number of carbonyl (C=O) groups is 1. The monoisotopic (exact) mass is 303 g/mol. The molecule has 0 aliphatic rings. The molecule has 0 aliphatic heterocycles. The zero-order valence-corrected chi connectivity index (χ0v) is 12.9. The molecule has 0 saturated heterocycles. The number of anilines is 1. The molecule has 1 amide bonds. The summed E-state index contributed by atoms with van der Waals surface area (Å²) in [6, 6.07) is 1.63. The molecule has 20 heavy (non-hydrogen) atoms. The van der Waals surface area contributed by atoms with E-state index in [4.69, 9.17) is 4.52 Å². The second kappa shape index (κ2) is 7.39. The van der Waals surface area contributed by atoms with Crippen LogP contribution in [0.15, 0.2) is 10.6 Å². The number of hydrogen-bond donors (Lipinski definition) is 1. The molecule has 114 valence electrons. The van der Waals surface area contributed by atoms with Crippen molar-refractivity contribution < 1.29 is 17.7 Å². The van der Waals surface area contributed by atoms with Gasteiger partial charge in [0.05, 0.1) is 5.75 Å². The van der Waals surface area contributed by atoms with Gasteiger partial charge >= 0.3 is 0 Å². The lowest BCUT2D eigenvalue weighted by Gasteiger charge is -2.17. The van der Waals surface area contributed by atoms with Gasteiger partial charge in [-0.05, 0) is 13.3 Å². The Morgan fingerprint density at radius 2 is 2.20 bits per heavy atom. The summed E-state index contributed by atoms with van der Waals surface area (Å²) < 4.78 is 30.7. The van der Waals surface area contributed by atoms with E-state index in [9.17, 15) is 13.2 Å². The number of nitrogens with one attached hydrogen (secondary N) is 1. The summed E-state index contributed by atoms with van der Waals surface area (Å²) in [6.45, 7) is 5.42. The summed E-state index contributed by atoms with van der Waals surface area (Å²) in [4.78, 5) is 12.9. The van der Waals surface area contributed by atoms with Gasteiger partial charge in [0.2, 0.25) is 15.9 Å². The van der Waals surface area contributed by atoms with Gasteiger partial charge in [0, 0.05) is 26.1 Å². The first kappa shape index (κ1) is 16.6. The highest BCUT2D eigenvalue weighted by Gasteiger charge is 2.16. The molecular weight excluding hydrogens is 282 g/mol. The molecule has 1 heterocycles. The Labute approximate surface area is 119 Å². The van der Waals surface area contributed by atoms with Crippen LogP contribution in [0.4, 0.5) is 5.82 Å². The van der Waals surface area contributed by atoms with E-state index >= 15 is 0 Å². The van der Waals surface area contributed by atoms with Crippen LogP contribution in [0.2, 0.25) is 0 Å². The minimum absolute atomic E-state index is 0.104. The Balaban J connectivity index is 2.55. The average molecular weight is 303 g/mol. The van der Waals surface area contributed by atoms with Crippen molar-refractivity contribution in [2.45, 2.75) is 33.6 Å². The van der Waals surface area contributed by atoms with E-state index in [0.29, 0.717) is 18.0 Å². The van der Waals surface area contributed by atoms with Gasteiger partial charge in [-0.2, -0.15) is 0 Å². The largest absolute Gasteiger partial charge is 0.360 e. The highest BCUT2D eigenvalue weighted by Crippen LogP contribution is 2.13. The van der Waals surface area contributed by atoms with Gasteiger partial charge in [-0.25, -0.2) is 13.1 Å². The van der Waals surface area contributed by atoms with Crippen LogP contribution in [0.25, 0.3) is 0 Å². The van der Waals surface area contributed by atoms with Gasteiger partial charge in [-0.1, -0.05) is 18.5 Å². The first-order valence-electron chi connectivity index (χ1n) is 6.54. The molecule has 0 fully saturated rings. The van der Waals surface area contributed by atoms with Gasteiger partial charge in [0.25, 0.3) is 0 Å². The molecular formula is C12H21N3O4S. The van der Waals surface area contributed by atoms with Crippen molar-refractivity contribution in [3.63, 3.8) is 0 Å². The topological polar surface area (TPSA) is 92.5 Å². The molecule has 0 unspecified atom stereocenters. The lowest BCUT2D eigenvalue weighted by molar-refractivity contribution is -0.116. The minimum Gasteiger partial charge on any atom is -0.360 e. The van der Waals surface area contributed by atoms with Gasteiger partial charge in [0.1, 0.15) is 5.76 Å². The number of sulfonamides is 1. The maximum absolute atomic E-state index is 11.6. The molecule has 1 aromatic rings. The lowest BCUT2D eigenvalue weighted by atomic mass is 10.4. The van der Waals surface area contributed by atoms with Crippen molar-refractivity contribution in [1.82, 2.24) is 9.88 Å². The van der Waals surface area contributed by atoms with Crippen LogP contribution in [0.5, 0.6) is 0 Å². The van der Waals surface area contributed by atoms with E-state index in [1.807, 2.05) is 6.92 Å². The van der Waals surface area contributed by atoms with E-state index < -0.39 is 10.0 Å². The molecule has 7 nitrogen and oxygen atoms in total. The molecule has 0 aromatic carbocycles. The first-order valence-corrected chi connectivity index (χ1v) is 8.19. The molecule has 0 radical (unpaired) electrons. The third kappa shape index (κ3) is 5.30. The Kier molecular flexibility index (Phi) is 6.15. The van der Waals surface area contributed by atoms with E-state index in [0.717, 1.165) is 6.42 Å². The Morgan fingerprint density at radius 3 is 2.70 bits per heavy atom. The summed E-state index contributed by atoms with van der Waals surface area (Å²) in [7, 11) is -3.27. The average Bonchev–Trinajstić information content (AvgIpc) is 2.78. The quantitative estimate of drug-likeness (QED) is 0.775. The fourth-order valence-corrected chi connectivity index (χ4v) is 2.85. The van der Waals surface area contributed by atoms with Crippen molar-refractivity contribution in [3.05, 3.63) is 11.8 Å². The van der Waals surface area contributed by atoms with Gasteiger partial charge in [-0.3, -0.25) is 9.69 Å². The van der Waals surface area contributed by atoms with Crippen molar-refractivity contribution >= 4 is 21.7 Å². The molecule has 1 rings (SSSR count). The normalized spacial score (nSPS) is 11.6. The molecule has 0 bridgehead atoms. The lowest BCUT2D eigenvalue weighted by Crippen LogP contribution is -2.38. The summed E-state index contributed by atoms with van der Waals surface area (Å²) in [5, 5.41) is 3.75. The van der Waals surface area contributed by atoms with E-state index in [-0.39, 0.29) is 24.7 Å².